The maximum Gasteiger partial charge on any atom is 0.309 e. The number of rotatable bonds is 5. The molecule has 0 saturated heterocycles. The van der Waals surface area contributed by atoms with Gasteiger partial charge in [0.05, 0.1) is 23.5 Å². The number of amides is 1. The second-order valence-corrected chi connectivity index (χ2v) is 7.12. The third-order valence-electron chi connectivity index (χ3n) is 4.69. The Bertz CT molecular complexity index is 1050. The summed E-state index contributed by atoms with van der Waals surface area (Å²) in [6.45, 7) is 4.58. The van der Waals surface area contributed by atoms with Crippen LogP contribution in [0.5, 0.6) is 5.75 Å². The molecule has 0 spiro atoms. The van der Waals surface area contributed by atoms with E-state index in [-0.39, 0.29) is 18.9 Å². The number of likely N-dealkylation sites (N-methyl/N-ethyl adjacent to an activating group) is 1. The molecule has 27 heavy (non-hydrogen) atoms. The van der Waals surface area contributed by atoms with Gasteiger partial charge in [-0.2, -0.15) is 0 Å². The van der Waals surface area contributed by atoms with Crippen LogP contribution in [0, 0.1) is 0 Å². The number of imidazole rings is 1. The maximum atomic E-state index is 12.1. The van der Waals surface area contributed by atoms with Crippen molar-refractivity contribution in [2.24, 2.45) is 0 Å². The highest BCUT2D eigenvalue weighted by atomic mass is 32.1. The lowest BCUT2D eigenvalue weighted by molar-refractivity contribution is -0.136. The lowest BCUT2D eigenvalue weighted by Gasteiger charge is -2.28. The number of ether oxygens (including phenoxy) is 1. The van der Waals surface area contributed by atoms with Crippen LogP contribution in [-0.4, -0.2) is 39.5 Å². The van der Waals surface area contributed by atoms with Crippen LogP contribution in [0.3, 0.4) is 0 Å². The zero-order valence-electron chi connectivity index (χ0n) is 15.1. The first kappa shape index (κ1) is 17.5. The minimum Gasteiger partial charge on any atom is -0.482 e. The molecule has 4 rings (SSSR count). The van der Waals surface area contributed by atoms with Crippen molar-refractivity contribution in [1.29, 1.82) is 0 Å². The van der Waals surface area contributed by atoms with Crippen molar-refractivity contribution in [2.75, 3.05) is 18.1 Å². The molecule has 3 heterocycles. The molecular weight excluding hydrogens is 366 g/mol. The second-order valence-electron chi connectivity index (χ2n) is 6.29. The van der Waals surface area contributed by atoms with Crippen molar-refractivity contribution < 1.29 is 19.4 Å². The van der Waals surface area contributed by atoms with E-state index >= 15 is 0 Å². The van der Waals surface area contributed by atoms with E-state index in [1.165, 1.54) is 11.3 Å². The van der Waals surface area contributed by atoms with Crippen molar-refractivity contribution in [3.8, 4) is 17.0 Å². The highest BCUT2D eigenvalue weighted by Crippen LogP contribution is 2.37. The number of anilines is 1. The third-order valence-corrected chi connectivity index (χ3v) is 5.56. The van der Waals surface area contributed by atoms with Crippen LogP contribution in [0.4, 0.5) is 5.69 Å². The second kappa shape index (κ2) is 6.70. The van der Waals surface area contributed by atoms with Crippen molar-refractivity contribution >= 4 is 33.9 Å². The minimum absolute atomic E-state index is 0.0427. The van der Waals surface area contributed by atoms with E-state index in [2.05, 4.69) is 0 Å². The number of benzene rings is 1. The van der Waals surface area contributed by atoms with E-state index in [9.17, 15) is 9.59 Å². The van der Waals surface area contributed by atoms with Crippen LogP contribution in [0.15, 0.2) is 23.6 Å². The molecule has 7 nitrogen and oxygen atoms in total. The Morgan fingerprint density at radius 2 is 2.19 bits per heavy atom. The standard InChI is InChI=1S/C19H19N3O4S/c1-3-13-18(20-19-22(13)12(10-27-19)8-17(24)25)11-5-6-15-14(7-11)21(4-2)16(23)9-26-15/h5-7,10H,3-4,8-9H2,1-2H3,(H,24,25). The molecule has 0 unspecified atom stereocenters. The van der Waals surface area contributed by atoms with Crippen LogP contribution < -0.4 is 9.64 Å². The average Bonchev–Trinajstić information content (AvgIpc) is 3.20. The number of nitrogens with zero attached hydrogens (tertiary/aromatic N) is 3. The summed E-state index contributed by atoms with van der Waals surface area (Å²) in [6.07, 6.45) is 0.669. The van der Waals surface area contributed by atoms with Gasteiger partial charge in [0.15, 0.2) is 11.6 Å². The van der Waals surface area contributed by atoms with Gasteiger partial charge in [0.2, 0.25) is 0 Å². The van der Waals surface area contributed by atoms with Gasteiger partial charge in [-0.25, -0.2) is 4.98 Å². The van der Waals surface area contributed by atoms with E-state index < -0.39 is 5.97 Å². The molecule has 0 aliphatic carbocycles. The van der Waals surface area contributed by atoms with Crippen LogP contribution >= 0.6 is 11.3 Å². The number of carboxylic acid groups (broad SMARTS) is 1. The molecule has 1 aliphatic rings. The SMILES string of the molecule is CCc1c(-c2ccc3c(c2)N(CC)C(=O)CO3)nc2scc(CC(=O)O)n12. The van der Waals surface area contributed by atoms with Gasteiger partial charge < -0.3 is 14.7 Å². The fourth-order valence-electron chi connectivity index (χ4n) is 3.51. The summed E-state index contributed by atoms with van der Waals surface area (Å²) in [6, 6.07) is 5.73. The highest BCUT2D eigenvalue weighted by Gasteiger charge is 2.26. The van der Waals surface area contributed by atoms with Crippen LogP contribution in [0.1, 0.15) is 25.2 Å². The van der Waals surface area contributed by atoms with Crippen molar-refractivity contribution in [3.05, 3.63) is 35.0 Å². The van der Waals surface area contributed by atoms with E-state index in [0.29, 0.717) is 18.7 Å². The molecule has 1 amide bonds. The van der Waals surface area contributed by atoms with Gasteiger partial charge in [-0.1, -0.05) is 6.92 Å². The van der Waals surface area contributed by atoms with Gasteiger partial charge in [0, 0.05) is 23.2 Å². The number of aliphatic carboxylic acids is 1. The maximum absolute atomic E-state index is 12.1. The normalized spacial score (nSPS) is 13.7. The Morgan fingerprint density at radius 3 is 2.89 bits per heavy atom. The van der Waals surface area contributed by atoms with Crippen molar-refractivity contribution in [3.63, 3.8) is 0 Å². The van der Waals surface area contributed by atoms with Crippen molar-refractivity contribution in [1.82, 2.24) is 9.38 Å². The first-order chi connectivity index (χ1) is 13.0. The topological polar surface area (TPSA) is 84.1 Å². The van der Waals surface area contributed by atoms with Gasteiger partial charge in [0.1, 0.15) is 5.75 Å². The number of carbonyl (C=O) groups is 2. The summed E-state index contributed by atoms with van der Waals surface area (Å²) >= 11 is 1.43. The molecular formula is C19H19N3O4S. The molecule has 1 aliphatic heterocycles. The number of hydrogen-bond acceptors (Lipinski definition) is 5. The molecule has 0 atom stereocenters. The molecule has 1 aromatic carbocycles. The van der Waals surface area contributed by atoms with Crippen LogP contribution in [0.2, 0.25) is 0 Å². The zero-order valence-corrected chi connectivity index (χ0v) is 15.9. The van der Waals surface area contributed by atoms with Gasteiger partial charge in [0.25, 0.3) is 5.91 Å². The molecule has 2 aromatic heterocycles. The molecule has 0 radical (unpaired) electrons. The molecule has 0 bridgehead atoms. The lowest BCUT2D eigenvalue weighted by atomic mass is 10.1. The molecule has 0 saturated carbocycles. The number of aromatic nitrogens is 2. The average molecular weight is 385 g/mol. The Morgan fingerprint density at radius 1 is 1.37 bits per heavy atom. The summed E-state index contributed by atoms with van der Waals surface area (Å²) in [7, 11) is 0. The van der Waals surface area contributed by atoms with E-state index in [4.69, 9.17) is 14.8 Å². The summed E-state index contributed by atoms with van der Waals surface area (Å²) in [5.74, 6) is -0.242. The number of carboxylic acids is 1. The monoisotopic (exact) mass is 385 g/mol. The molecule has 8 heteroatoms. The first-order valence-electron chi connectivity index (χ1n) is 8.80. The highest BCUT2D eigenvalue weighted by molar-refractivity contribution is 7.15. The summed E-state index contributed by atoms with van der Waals surface area (Å²) in [4.78, 5) is 30.5. The van der Waals surface area contributed by atoms with Gasteiger partial charge in [-0.15, -0.1) is 11.3 Å². The number of aryl methyl sites for hydroxylation is 1. The van der Waals surface area contributed by atoms with Crippen LogP contribution in [0.25, 0.3) is 16.2 Å². The fraction of sp³-hybridized carbons (Fsp3) is 0.316. The Hall–Kier alpha value is -2.87. The molecule has 1 N–H and O–H groups in total. The van der Waals surface area contributed by atoms with Crippen LogP contribution in [-0.2, 0) is 22.4 Å². The van der Waals surface area contributed by atoms with E-state index in [0.717, 1.165) is 33.3 Å². The number of fused-ring (bicyclic) bond motifs is 2. The van der Waals surface area contributed by atoms with Crippen molar-refractivity contribution in [2.45, 2.75) is 26.7 Å². The predicted molar refractivity (Wildman–Crippen MR) is 103 cm³/mol. The van der Waals surface area contributed by atoms with E-state index in [1.807, 2.05) is 41.8 Å². The molecule has 0 fully saturated rings. The Balaban J connectivity index is 1.85. The molecule has 3 aromatic rings. The molecule has 140 valence electrons. The van der Waals surface area contributed by atoms with Gasteiger partial charge in [-0.3, -0.25) is 14.0 Å². The van der Waals surface area contributed by atoms with Gasteiger partial charge in [-0.05, 0) is 31.5 Å². The fourth-order valence-corrected chi connectivity index (χ4v) is 4.42. The smallest absolute Gasteiger partial charge is 0.309 e. The number of carbonyl (C=O) groups excluding carboxylic acids is 1. The predicted octanol–water partition coefficient (Wildman–Crippen LogP) is 3.00. The zero-order chi connectivity index (χ0) is 19.1. The Kier molecular flexibility index (Phi) is 4.35. The summed E-state index contributed by atoms with van der Waals surface area (Å²) in [5, 5.41) is 11.0. The summed E-state index contributed by atoms with van der Waals surface area (Å²) < 4.78 is 7.48. The largest absolute Gasteiger partial charge is 0.482 e. The third kappa shape index (κ3) is 2.86. The quantitative estimate of drug-likeness (QED) is 0.730. The summed E-state index contributed by atoms with van der Waals surface area (Å²) in [5.41, 5.74) is 4.14. The number of thiazole rings is 1. The van der Waals surface area contributed by atoms with Gasteiger partial charge >= 0.3 is 5.97 Å². The Labute approximate surface area is 159 Å². The lowest BCUT2D eigenvalue weighted by Crippen LogP contribution is -2.38. The first-order valence-corrected chi connectivity index (χ1v) is 9.68. The van der Waals surface area contributed by atoms with E-state index in [1.54, 1.807) is 4.90 Å². The minimum atomic E-state index is -0.866. The number of hydrogen-bond donors (Lipinski definition) is 1.